The van der Waals surface area contributed by atoms with Crippen molar-refractivity contribution in [3.8, 4) is 0 Å². The number of hydrogen-bond donors (Lipinski definition) is 2. The zero-order chi connectivity index (χ0) is 15.6. The molecule has 0 aromatic heterocycles. The standard InChI is InChI=1S/C14H14BrFN2O2S/c1-9(11-4-2-3-5-12(11)15)18-21(19,20)10-6-7-13(16)14(17)8-10/h2-9,18H,17H2,1H3. The summed E-state index contributed by atoms with van der Waals surface area (Å²) in [5.74, 6) is -0.646. The second kappa shape index (κ2) is 6.13. The van der Waals surface area contributed by atoms with E-state index in [0.29, 0.717) is 0 Å². The Labute approximate surface area is 131 Å². The summed E-state index contributed by atoms with van der Waals surface area (Å²) in [6.07, 6.45) is 0. The lowest BCUT2D eigenvalue weighted by Crippen LogP contribution is -2.27. The van der Waals surface area contributed by atoms with E-state index < -0.39 is 21.9 Å². The lowest BCUT2D eigenvalue weighted by Gasteiger charge is -2.16. The maximum absolute atomic E-state index is 13.1. The van der Waals surface area contributed by atoms with E-state index >= 15 is 0 Å². The van der Waals surface area contributed by atoms with Crippen LogP contribution in [0.1, 0.15) is 18.5 Å². The number of nitrogens with two attached hydrogens (primary N) is 1. The second-order valence-corrected chi connectivity index (χ2v) is 7.12. The van der Waals surface area contributed by atoms with Gasteiger partial charge in [0.25, 0.3) is 0 Å². The number of halogens is 2. The van der Waals surface area contributed by atoms with E-state index in [1.807, 2.05) is 24.3 Å². The molecule has 0 bridgehead atoms. The van der Waals surface area contributed by atoms with Gasteiger partial charge in [-0.15, -0.1) is 0 Å². The largest absolute Gasteiger partial charge is 0.396 e. The van der Waals surface area contributed by atoms with E-state index in [2.05, 4.69) is 20.7 Å². The molecule has 0 heterocycles. The molecule has 1 atom stereocenters. The number of anilines is 1. The molecule has 0 radical (unpaired) electrons. The predicted octanol–water partition coefficient (Wildman–Crippen LogP) is 3.21. The Hall–Kier alpha value is -1.44. The van der Waals surface area contributed by atoms with Crippen molar-refractivity contribution in [2.75, 3.05) is 5.73 Å². The van der Waals surface area contributed by atoms with Gasteiger partial charge in [-0.3, -0.25) is 0 Å². The Balaban J connectivity index is 2.29. The summed E-state index contributed by atoms with van der Waals surface area (Å²) < 4.78 is 41.0. The number of hydrogen-bond acceptors (Lipinski definition) is 3. The summed E-state index contributed by atoms with van der Waals surface area (Å²) in [4.78, 5) is -0.0692. The van der Waals surface area contributed by atoms with Crippen LogP contribution >= 0.6 is 15.9 Å². The van der Waals surface area contributed by atoms with Crippen LogP contribution in [-0.4, -0.2) is 8.42 Å². The highest BCUT2D eigenvalue weighted by Gasteiger charge is 2.20. The molecule has 0 fully saturated rings. The van der Waals surface area contributed by atoms with E-state index in [-0.39, 0.29) is 10.6 Å². The number of rotatable bonds is 4. The van der Waals surface area contributed by atoms with E-state index in [1.54, 1.807) is 6.92 Å². The van der Waals surface area contributed by atoms with Crippen LogP contribution in [0.3, 0.4) is 0 Å². The van der Waals surface area contributed by atoms with Crippen LogP contribution < -0.4 is 10.5 Å². The van der Waals surface area contributed by atoms with Crippen LogP contribution in [0.15, 0.2) is 51.8 Å². The molecule has 0 saturated carbocycles. The lowest BCUT2D eigenvalue weighted by atomic mass is 10.1. The first kappa shape index (κ1) is 15.9. The predicted molar refractivity (Wildman–Crippen MR) is 83.7 cm³/mol. The van der Waals surface area contributed by atoms with Crippen LogP contribution in [-0.2, 0) is 10.0 Å². The number of nitrogens with one attached hydrogen (secondary N) is 1. The number of nitrogen functional groups attached to an aromatic ring is 1. The average molecular weight is 373 g/mol. The van der Waals surface area contributed by atoms with E-state index in [1.165, 1.54) is 6.07 Å². The minimum atomic E-state index is -3.78. The molecule has 21 heavy (non-hydrogen) atoms. The summed E-state index contributed by atoms with van der Waals surface area (Å²) in [6.45, 7) is 1.73. The maximum Gasteiger partial charge on any atom is 0.241 e. The third-order valence-corrected chi connectivity index (χ3v) is 5.24. The van der Waals surface area contributed by atoms with Gasteiger partial charge in [0.15, 0.2) is 0 Å². The van der Waals surface area contributed by atoms with Crippen LogP contribution in [0, 0.1) is 5.82 Å². The van der Waals surface area contributed by atoms with Crippen molar-refractivity contribution in [3.05, 3.63) is 58.3 Å². The molecular weight excluding hydrogens is 359 g/mol. The maximum atomic E-state index is 13.1. The smallest absolute Gasteiger partial charge is 0.241 e. The van der Waals surface area contributed by atoms with Gasteiger partial charge in [-0.1, -0.05) is 34.1 Å². The topological polar surface area (TPSA) is 72.2 Å². The van der Waals surface area contributed by atoms with Gasteiger partial charge in [0.05, 0.1) is 10.6 Å². The molecule has 0 aliphatic carbocycles. The van der Waals surface area contributed by atoms with Crippen molar-refractivity contribution in [2.45, 2.75) is 17.9 Å². The highest BCUT2D eigenvalue weighted by atomic mass is 79.9. The fourth-order valence-electron chi connectivity index (χ4n) is 1.88. The fourth-order valence-corrected chi connectivity index (χ4v) is 3.77. The lowest BCUT2D eigenvalue weighted by molar-refractivity contribution is 0.566. The molecular formula is C14H14BrFN2O2S. The molecule has 0 amide bonds. The third kappa shape index (κ3) is 3.61. The Bertz CT molecular complexity index is 765. The Kier molecular flexibility index (Phi) is 4.65. The molecule has 1 unspecified atom stereocenters. The van der Waals surface area contributed by atoms with Crippen LogP contribution in [0.2, 0.25) is 0 Å². The van der Waals surface area contributed by atoms with Crippen LogP contribution in [0.25, 0.3) is 0 Å². The highest BCUT2D eigenvalue weighted by molar-refractivity contribution is 9.10. The molecule has 2 aromatic rings. The van der Waals surface area contributed by atoms with Gasteiger partial charge in [0.1, 0.15) is 5.82 Å². The highest BCUT2D eigenvalue weighted by Crippen LogP contribution is 2.25. The van der Waals surface area contributed by atoms with E-state index in [4.69, 9.17) is 5.73 Å². The van der Waals surface area contributed by atoms with Crippen molar-refractivity contribution in [3.63, 3.8) is 0 Å². The van der Waals surface area contributed by atoms with Gasteiger partial charge < -0.3 is 5.73 Å². The molecule has 0 saturated heterocycles. The molecule has 4 nitrogen and oxygen atoms in total. The Morgan fingerprint density at radius 2 is 1.90 bits per heavy atom. The summed E-state index contributed by atoms with van der Waals surface area (Å²) in [6, 6.07) is 10.2. The van der Waals surface area contributed by atoms with Crippen molar-refractivity contribution < 1.29 is 12.8 Å². The Morgan fingerprint density at radius 3 is 2.52 bits per heavy atom. The van der Waals surface area contributed by atoms with Crippen molar-refractivity contribution >= 4 is 31.6 Å². The normalized spacial score (nSPS) is 13.1. The van der Waals surface area contributed by atoms with Gasteiger partial charge in [-0.05, 0) is 36.8 Å². The van der Waals surface area contributed by atoms with Crippen molar-refractivity contribution in [2.24, 2.45) is 0 Å². The third-order valence-electron chi connectivity index (χ3n) is 2.98. The molecule has 0 aliphatic rings. The quantitative estimate of drug-likeness (QED) is 0.809. The summed E-state index contributed by atoms with van der Waals surface area (Å²) in [5.41, 5.74) is 6.01. The molecule has 112 valence electrons. The first-order valence-electron chi connectivity index (χ1n) is 6.13. The van der Waals surface area contributed by atoms with Gasteiger partial charge in [-0.2, -0.15) is 0 Å². The zero-order valence-electron chi connectivity index (χ0n) is 11.2. The number of benzene rings is 2. The Morgan fingerprint density at radius 1 is 1.24 bits per heavy atom. The SMILES string of the molecule is CC(NS(=O)(=O)c1ccc(F)c(N)c1)c1ccccc1Br. The van der Waals surface area contributed by atoms with Crippen LogP contribution in [0.5, 0.6) is 0 Å². The summed E-state index contributed by atoms with van der Waals surface area (Å²) >= 11 is 3.38. The second-order valence-electron chi connectivity index (χ2n) is 4.55. The van der Waals surface area contributed by atoms with E-state index in [0.717, 1.165) is 22.2 Å². The monoisotopic (exact) mass is 372 g/mol. The summed E-state index contributed by atoms with van der Waals surface area (Å²) in [7, 11) is -3.78. The molecule has 3 N–H and O–H groups in total. The fraction of sp³-hybridized carbons (Fsp3) is 0.143. The zero-order valence-corrected chi connectivity index (χ0v) is 13.6. The average Bonchev–Trinajstić information content (AvgIpc) is 2.41. The van der Waals surface area contributed by atoms with Gasteiger partial charge >= 0.3 is 0 Å². The number of sulfonamides is 1. The van der Waals surface area contributed by atoms with Gasteiger partial charge in [0.2, 0.25) is 10.0 Å². The molecule has 7 heteroatoms. The molecule has 2 rings (SSSR count). The van der Waals surface area contributed by atoms with Crippen molar-refractivity contribution in [1.29, 1.82) is 0 Å². The first-order valence-corrected chi connectivity index (χ1v) is 8.40. The molecule has 2 aromatic carbocycles. The van der Waals surface area contributed by atoms with Crippen LogP contribution in [0.4, 0.5) is 10.1 Å². The minimum Gasteiger partial charge on any atom is -0.396 e. The molecule has 0 aliphatic heterocycles. The minimum absolute atomic E-state index is 0.0692. The van der Waals surface area contributed by atoms with Gasteiger partial charge in [-0.25, -0.2) is 17.5 Å². The van der Waals surface area contributed by atoms with Gasteiger partial charge in [0, 0.05) is 10.5 Å². The van der Waals surface area contributed by atoms with Crippen molar-refractivity contribution in [1.82, 2.24) is 4.72 Å². The van der Waals surface area contributed by atoms with E-state index in [9.17, 15) is 12.8 Å². The first-order chi connectivity index (χ1) is 9.81. The molecule has 0 spiro atoms. The summed E-state index contributed by atoms with van der Waals surface area (Å²) in [5, 5.41) is 0.